The largest absolute Gasteiger partial charge is 0.507 e. The highest BCUT2D eigenvalue weighted by Crippen LogP contribution is 2.45. The van der Waals surface area contributed by atoms with E-state index in [2.05, 4.69) is 58.0 Å². The number of benzene rings is 4. The van der Waals surface area contributed by atoms with Crippen LogP contribution in [0.2, 0.25) is 0 Å². The first kappa shape index (κ1) is 20.1. The fraction of sp³-hybridized carbons (Fsp3) is 0.259. The number of rotatable bonds is 4. The third kappa shape index (κ3) is 3.15. The van der Waals surface area contributed by atoms with Crippen molar-refractivity contribution < 1.29 is 10.2 Å². The number of phenolic OH excluding ortho intramolecular Hbond substituents is 2. The van der Waals surface area contributed by atoms with Crippen LogP contribution in [0.1, 0.15) is 45.2 Å². The van der Waals surface area contributed by atoms with Crippen molar-refractivity contribution in [3.63, 3.8) is 0 Å². The Kier molecular flexibility index (Phi) is 4.85. The van der Waals surface area contributed by atoms with Crippen LogP contribution < -0.4 is 5.73 Å². The minimum Gasteiger partial charge on any atom is -0.507 e. The SMILES string of the molecule is CCc1ccc2c(-c3ccc(O)c(N)c3)c3cc(C(C)(C)CC)ccc3c(O)c2c1. The zero-order valence-corrected chi connectivity index (χ0v) is 18.1. The molecule has 0 aliphatic rings. The fourth-order valence-electron chi connectivity index (χ4n) is 4.12. The van der Waals surface area contributed by atoms with Gasteiger partial charge in [0.1, 0.15) is 11.5 Å². The van der Waals surface area contributed by atoms with Crippen molar-refractivity contribution in [2.45, 2.75) is 46.0 Å². The Hall–Kier alpha value is -3.20. The number of fused-ring (bicyclic) bond motifs is 2. The van der Waals surface area contributed by atoms with Gasteiger partial charge in [0.05, 0.1) is 5.69 Å². The number of aromatic hydroxyl groups is 2. The summed E-state index contributed by atoms with van der Waals surface area (Å²) in [6, 6.07) is 18.0. The maximum absolute atomic E-state index is 11.2. The first-order chi connectivity index (χ1) is 14.3. The molecule has 0 unspecified atom stereocenters. The van der Waals surface area contributed by atoms with E-state index in [-0.39, 0.29) is 11.2 Å². The zero-order valence-electron chi connectivity index (χ0n) is 18.1. The van der Waals surface area contributed by atoms with Crippen molar-refractivity contribution >= 4 is 27.2 Å². The Morgan fingerprint density at radius 2 is 1.53 bits per heavy atom. The van der Waals surface area contributed by atoms with E-state index in [0.717, 1.165) is 45.5 Å². The Bertz CT molecular complexity index is 1270. The molecule has 154 valence electrons. The van der Waals surface area contributed by atoms with Crippen LogP contribution >= 0.6 is 0 Å². The topological polar surface area (TPSA) is 66.5 Å². The lowest BCUT2D eigenvalue weighted by Crippen LogP contribution is -2.15. The normalized spacial score (nSPS) is 12.0. The van der Waals surface area contributed by atoms with Crippen molar-refractivity contribution in [1.29, 1.82) is 0 Å². The second-order valence-corrected chi connectivity index (χ2v) is 8.73. The summed E-state index contributed by atoms with van der Waals surface area (Å²) in [7, 11) is 0. The average Bonchev–Trinajstić information content (AvgIpc) is 2.75. The highest BCUT2D eigenvalue weighted by atomic mass is 16.3. The van der Waals surface area contributed by atoms with Crippen molar-refractivity contribution in [3.05, 3.63) is 65.7 Å². The molecular weight excluding hydrogens is 370 g/mol. The molecule has 0 radical (unpaired) electrons. The molecule has 0 aliphatic heterocycles. The molecule has 0 saturated heterocycles. The summed E-state index contributed by atoms with van der Waals surface area (Å²) in [4.78, 5) is 0. The number of hydrogen-bond acceptors (Lipinski definition) is 3. The standard InChI is InChI=1S/C27H29NO2/c1-5-16-7-10-19-22(13-16)26(30)20-11-9-18(27(3,4)6-2)15-21(20)25(19)17-8-12-24(29)23(28)14-17/h7-15,29-30H,5-6,28H2,1-4H3. The molecule has 3 heteroatoms. The summed E-state index contributed by atoms with van der Waals surface area (Å²) in [6.45, 7) is 8.78. The van der Waals surface area contributed by atoms with E-state index in [4.69, 9.17) is 5.73 Å². The number of phenols is 2. The summed E-state index contributed by atoms with van der Waals surface area (Å²) in [5.41, 5.74) is 10.8. The minimum absolute atomic E-state index is 0.0239. The molecule has 0 amide bonds. The summed E-state index contributed by atoms with van der Waals surface area (Å²) in [6.07, 6.45) is 1.91. The first-order valence-electron chi connectivity index (χ1n) is 10.6. The lowest BCUT2D eigenvalue weighted by Gasteiger charge is -2.25. The Morgan fingerprint density at radius 3 is 2.20 bits per heavy atom. The lowest BCUT2D eigenvalue weighted by molar-refractivity contribution is 0.478. The van der Waals surface area contributed by atoms with Crippen LogP contribution in [0.3, 0.4) is 0 Å². The van der Waals surface area contributed by atoms with Gasteiger partial charge >= 0.3 is 0 Å². The zero-order chi connectivity index (χ0) is 21.6. The van der Waals surface area contributed by atoms with Gasteiger partial charge in [-0.1, -0.05) is 58.0 Å². The quantitative estimate of drug-likeness (QED) is 0.198. The maximum atomic E-state index is 11.2. The van der Waals surface area contributed by atoms with Gasteiger partial charge in [-0.25, -0.2) is 0 Å². The van der Waals surface area contributed by atoms with Gasteiger partial charge in [-0.15, -0.1) is 0 Å². The molecule has 0 saturated carbocycles. The van der Waals surface area contributed by atoms with E-state index in [1.807, 2.05) is 18.2 Å². The van der Waals surface area contributed by atoms with Gasteiger partial charge < -0.3 is 15.9 Å². The fourth-order valence-corrected chi connectivity index (χ4v) is 4.12. The molecule has 0 spiro atoms. The van der Waals surface area contributed by atoms with Crippen molar-refractivity contribution in [2.24, 2.45) is 0 Å². The molecule has 4 aromatic carbocycles. The maximum Gasteiger partial charge on any atom is 0.138 e. The number of anilines is 1. The Morgan fingerprint density at radius 1 is 0.800 bits per heavy atom. The number of nitrogens with two attached hydrogens (primary N) is 1. The summed E-state index contributed by atoms with van der Waals surface area (Å²) in [5.74, 6) is 0.388. The molecule has 3 nitrogen and oxygen atoms in total. The van der Waals surface area contributed by atoms with Gasteiger partial charge in [-0.05, 0) is 75.5 Å². The van der Waals surface area contributed by atoms with E-state index in [0.29, 0.717) is 11.4 Å². The molecule has 0 aliphatic carbocycles. The molecule has 4 N–H and O–H groups in total. The van der Waals surface area contributed by atoms with Gasteiger partial charge in [0.2, 0.25) is 0 Å². The number of nitrogen functional groups attached to an aromatic ring is 1. The predicted octanol–water partition coefficient (Wildman–Crippen LogP) is 6.90. The van der Waals surface area contributed by atoms with Crippen LogP contribution in [-0.2, 0) is 11.8 Å². The van der Waals surface area contributed by atoms with Crippen LogP contribution in [-0.4, -0.2) is 10.2 Å². The van der Waals surface area contributed by atoms with Crippen LogP contribution in [0.5, 0.6) is 11.5 Å². The van der Waals surface area contributed by atoms with Crippen LogP contribution in [0.25, 0.3) is 32.7 Å². The van der Waals surface area contributed by atoms with Gasteiger partial charge in [0.25, 0.3) is 0 Å². The van der Waals surface area contributed by atoms with E-state index >= 15 is 0 Å². The van der Waals surface area contributed by atoms with Gasteiger partial charge in [0.15, 0.2) is 0 Å². The van der Waals surface area contributed by atoms with Crippen molar-refractivity contribution in [1.82, 2.24) is 0 Å². The van der Waals surface area contributed by atoms with E-state index in [1.165, 1.54) is 11.1 Å². The first-order valence-corrected chi connectivity index (χ1v) is 10.6. The number of aryl methyl sites for hydroxylation is 1. The molecule has 0 bridgehead atoms. The van der Waals surface area contributed by atoms with E-state index < -0.39 is 0 Å². The third-order valence-corrected chi connectivity index (χ3v) is 6.54. The molecule has 0 heterocycles. The second kappa shape index (κ2) is 7.24. The molecule has 4 rings (SSSR count). The second-order valence-electron chi connectivity index (χ2n) is 8.73. The third-order valence-electron chi connectivity index (χ3n) is 6.54. The lowest BCUT2D eigenvalue weighted by atomic mass is 9.80. The monoisotopic (exact) mass is 399 g/mol. The minimum atomic E-state index is 0.0239. The predicted molar refractivity (Wildman–Crippen MR) is 127 cm³/mol. The Labute approximate surface area is 177 Å². The molecule has 0 aromatic heterocycles. The summed E-state index contributed by atoms with van der Waals surface area (Å²) < 4.78 is 0. The van der Waals surface area contributed by atoms with Gasteiger partial charge in [-0.2, -0.15) is 0 Å². The molecular formula is C27H29NO2. The van der Waals surface area contributed by atoms with Crippen molar-refractivity contribution in [3.8, 4) is 22.6 Å². The van der Waals surface area contributed by atoms with Crippen molar-refractivity contribution in [2.75, 3.05) is 5.73 Å². The highest BCUT2D eigenvalue weighted by molar-refractivity contribution is 6.17. The molecule has 0 atom stereocenters. The van der Waals surface area contributed by atoms with E-state index in [9.17, 15) is 10.2 Å². The summed E-state index contributed by atoms with van der Waals surface area (Å²) >= 11 is 0. The molecule has 4 aromatic rings. The van der Waals surface area contributed by atoms with Crippen LogP contribution in [0.15, 0.2) is 54.6 Å². The number of hydrogen-bond donors (Lipinski definition) is 3. The van der Waals surface area contributed by atoms with Gasteiger partial charge in [0, 0.05) is 10.8 Å². The molecule has 30 heavy (non-hydrogen) atoms. The van der Waals surface area contributed by atoms with Crippen LogP contribution in [0.4, 0.5) is 5.69 Å². The van der Waals surface area contributed by atoms with E-state index in [1.54, 1.807) is 6.07 Å². The van der Waals surface area contributed by atoms with Crippen LogP contribution in [0, 0.1) is 0 Å². The summed E-state index contributed by atoms with van der Waals surface area (Å²) in [5, 5.41) is 24.8. The smallest absolute Gasteiger partial charge is 0.138 e. The van der Waals surface area contributed by atoms with Gasteiger partial charge in [-0.3, -0.25) is 0 Å². The average molecular weight is 400 g/mol. The highest BCUT2D eigenvalue weighted by Gasteiger charge is 2.21. The molecule has 0 fully saturated rings. The Balaban J connectivity index is 2.18.